The second kappa shape index (κ2) is 16.6. The first kappa shape index (κ1) is 39.5. The van der Waals surface area contributed by atoms with Gasteiger partial charge in [-0.05, 0) is 75.0 Å². The Morgan fingerprint density at radius 2 is 1.75 bits per heavy atom. The van der Waals surface area contributed by atoms with Crippen molar-refractivity contribution in [3.63, 3.8) is 0 Å². The number of ether oxygens (including phenoxy) is 1. The van der Waals surface area contributed by atoms with Gasteiger partial charge in [0.15, 0.2) is 5.60 Å². The Bertz CT molecular complexity index is 1540. The van der Waals surface area contributed by atoms with E-state index in [-0.39, 0.29) is 37.3 Å². The fourth-order valence-electron chi connectivity index (χ4n) is 7.79. The third kappa shape index (κ3) is 9.46. The SMILES string of the molecule is CCNC(=O)C(=O)[C@H](CC1CC1)NC(=O)[C@@H]1C[C@]2(CC(c3cc(C)c(OCC)c(Cl)c3)=NO2)CN1C(=O)[C@@H](NC(=O)CC1CCCCC1)C(C)(C)C. The fourth-order valence-corrected chi connectivity index (χ4v) is 8.11. The van der Waals surface area contributed by atoms with Crippen LogP contribution in [0.25, 0.3) is 0 Å². The number of aryl methyl sites for hydroxylation is 1. The highest BCUT2D eigenvalue weighted by Crippen LogP contribution is 2.42. The van der Waals surface area contributed by atoms with Gasteiger partial charge in [-0.25, -0.2) is 0 Å². The molecule has 1 spiro atoms. The number of ketones is 1. The van der Waals surface area contributed by atoms with E-state index < -0.39 is 52.6 Å². The van der Waals surface area contributed by atoms with Gasteiger partial charge in [0.2, 0.25) is 23.5 Å². The molecule has 1 aromatic rings. The van der Waals surface area contributed by atoms with Crippen molar-refractivity contribution in [2.75, 3.05) is 19.7 Å². The molecule has 286 valence electrons. The lowest BCUT2D eigenvalue weighted by molar-refractivity contribution is -0.145. The van der Waals surface area contributed by atoms with E-state index in [1.54, 1.807) is 13.0 Å². The first-order chi connectivity index (χ1) is 24.6. The first-order valence-electron chi connectivity index (χ1n) is 19.0. The van der Waals surface area contributed by atoms with Gasteiger partial charge >= 0.3 is 0 Å². The molecule has 5 rings (SSSR count). The second-order valence-electron chi connectivity index (χ2n) is 16.3. The van der Waals surface area contributed by atoms with Crippen molar-refractivity contribution >= 4 is 46.7 Å². The van der Waals surface area contributed by atoms with Gasteiger partial charge in [-0.2, -0.15) is 0 Å². The highest BCUT2D eigenvalue weighted by Gasteiger charge is 2.56. The van der Waals surface area contributed by atoms with Crippen molar-refractivity contribution in [3.8, 4) is 5.75 Å². The monoisotopic (exact) mass is 741 g/mol. The molecule has 2 aliphatic heterocycles. The summed E-state index contributed by atoms with van der Waals surface area (Å²) < 4.78 is 5.71. The van der Waals surface area contributed by atoms with E-state index in [9.17, 15) is 24.0 Å². The maximum Gasteiger partial charge on any atom is 0.289 e. The van der Waals surface area contributed by atoms with Crippen LogP contribution >= 0.6 is 11.6 Å². The molecule has 4 aliphatic rings. The number of hydrogen-bond donors (Lipinski definition) is 3. The van der Waals surface area contributed by atoms with Gasteiger partial charge < -0.3 is 30.4 Å². The summed E-state index contributed by atoms with van der Waals surface area (Å²) in [6.45, 7) is 12.0. The predicted octanol–water partition coefficient (Wildman–Crippen LogP) is 5.00. The minimum atomic E-state index is -1.05. The number of Topliss-reactive ketones (excluding diaryl/α,β-unsaturated/α-hetero) is 1. The second-order valence-corrected chi connectivity index (χ2v) is 16.7. The number of amides is 4. The Morgan fingerprint density at radius 1 is 1.04 bits per heavy atom. The van der Waals surface area contributed by atoms with Gasteiger partial charge in [-0.15, -0.1) is 0 Å². The summed E-state index contributed by atoms with van der Waals surface area (Å²) in [6.07, 6.45) is 8.29. The van der Waals surface area contributed by atoms with Crippen LogP contribution in [0, 0.1) is 24.2 Å². The van der Waals surface area contributed by atoms with Gasteiger partial charge in [0.05, 0.1) is 29.9 Å². The van der Waals surface area contributed by atoms with Crippen LogP contribution in [0.4, 0.5) is 0 Å². The van der Waals surface area contributed by atoms with Crippen LogP contribution in [0.3, 0.4) is 0 Å². The van der Waals surface area contributed by atoms with Crippen LogP contribution in [0.2, 0.25) is 5.02 Å². The molecule has 0 bridgehead atoms. The molecule has 4 amide bonds. The molecule has 2 heterocycles. The number of halogens is 1. The molecule has 0 aromatic heterocycles. The smallest absolute Gasteiger partial charge is 0.289 e. The third-order valence-electron chi connectivity index (χ3n) is 10.8. The molecule has 2 saturated carbocycles. The lowest BCUT2D eigenvalue weighted by Gasteiger charge is -2.36. The summed E-state index contributed by atoms with van der Waals surface area (Å²) >= 11 is 6.59. The van der Waals surface area contributed by atoms with E-state index in [0.29, 0.717) is 42.4 Å². The molecule has 3 N–H and O–H groups in total. The number of benzene rings is 1. The van der Waals surface area contributed by atoms with Crippen LogP contribution in [0.5, 0.6) is 5.75 Å². The molecular weight excluding hydrogens is 686 g/mol. The van der Waals surface area contributed by atoms with Crippen LogP contribution in [-0.2, 0) is 28.8 Å². The fraction of sp³-hybridized carbons (Fsp3) is 0.692. The highest BCUT2D eigenvalue weighted by molar-refractivity contribution is 6.38. The number of oxime groups is 1. The van der Waals surface area contributed by atoms with Crippen molar-refractivity contribution in [2.24, 2.45) is 22.4 Å². The summed E-state index contributed by atoms with van der Waals surface area (Å²) in [7, 11) is 0. The Morgan fingerprint density at radius 3 is 2.37 bits per heavy atom. The molecule has 4 atom stereocenters. The Kier molecular flexibility index (Phi) is 12.6. The van der Waals surface area contributed by atoms with E-state index in [1.807, 2.05) is 40.7 Å². The molecule has 0 radical (unpaired) electrons. The van der Waals surface area contributed by atoms with Crippen molar-refractivity contribution in [3.05, 3.63) is 28.3 Å². The third-order valence-corrected chi connectivity index (χ3v) is 11.0. The van der Waals surface area contributed by atoms with Crippen molar-refractivity contribution in [1.82, 2.24) is 20.9 Å². The van der Waals surface area contributed by atoms with Gasteiger partial charge in [-0.1, -0.05) is 69.6 Å². The molecular formula is C39H56ClN5O7. The van der Waals surface area contributed by atoms with Crippen molar-refractivity contribution in [1.29, 1.82) is 0 Å². The quantitative estimate of drug-likeness (QED) is 0.227. The number of carbonyl (C=O) groups excluding carboxylic acids is 5. The van der Waals surface area contributed by atoms with Gasteiger partial charge in [0.25, 0.3) is 5.91 Å². The number of nitrogens with zero attached hydrogens (tertiary/aromatic N) is 2. The van der Waals surface area contributed by atoms with Crippen LogP contribution in [0.15, 0.2) is 17.3 Å². The van der Waals surface area contributed by atoms with E-state index in [1.165, 1.54) is 11.3 Å². The number of likely N-dealkylation sites (N-methyl/N-ethyl adjacent to an activating group) is 1. The standard InChI is InChI=1S/C39H56ClN5O7/c1-7-41-36(49)32(47)28(17-25-14-15-25)42-35(48)30-21-39(20-29(44-52-39)26-16-23(3)33(51-8-2)27(40)19-26)22-45(30)37(50)34(38(4,5)6)43-31(46)18-24-12-10-9-11-13-24/h16,19,24-25,28,30,34H,7-15,17-18,20-22H2,1-6H3,(H,41,49)(H,42,48)(H,43,46)/t28-,30-,34+,39+/m0/s1. The average Bonchev–Trinajstić information content (AvgIpc) is 3.69. The molecule has 3 fully saturated rings. The molecule has 52 heavy (non-hydrogen) atoms. The molecule has 13 heteroatoms. The maximum atomic E-state index is 14.7. The number of nitrogens with one attached hydrogen (secondary N) is 3. The van der Waals surface area contributed by atoms with Gasteiger partial charge in [0.1, 0.15) is 17.8 Å². The number of rotatable bonds is 14. The van der Waals surface area contributed by atoms with Crippen LogP contribution < -0.4 is 20.7 Å². The van der Waals surface area contributed by atoms with Crippen molar-refractivity contribution < 1.29 is 33.5 Å². The summed E-state index contributed by atoms with van der Waals surface area (Å²) in [5, 5.41) is 13.3. The zero-order chi connectivity index (χ0) is 37.8. The lowest BCUT2D eigenvalue weighted by atomic mass is 9.84. The normalized spacial score (nSPS) is 23.0. The predicted molar refractivity (Wildman–Crippen MR) is 198 cm³/mol. The topological polar surface area (TPSA) is 156 Å². The van der Waals surface area contributed by atoms with Crippen LogP contribution in [-0.4, -0.2) is 83.4 Å². The van der Waals surface area contributed by atoms with E-state index in [0.717, 1.165) is 49.7 Å². The molecule has 12 nitrogen and oxygen atoms in total. The highest BCUT2D eigenvalue weighted by atomic mass is 35.5. The van der Waals surface area contributed by atoms with E-state index in [4.69, 9.17) is 21.2 Å². The number of likely N-dealkylation sites (tertiary alicyclic amines) is 1. The Balaban J connectivity index is 1.41. The average molecular weight is 742 g/mol. The molecule has 1 saturated heterocycles. The lowest BCUT2D eigenvalue weighted by Crippen LogP contribution is -2.59. The molecule has 1 aromatic carbocycles. The summed E-state index contributed by atoms with van der Waals surface area (Å²) in [5.74, 6) is -1.49. The number of hydrogen-bond acceptors (Lipinski definition) is 8. The minimum absolute atomic E-state index is 0.0310. The largest absolute Gasteiger partial charge is 0.492 e. The van der Waals surface area contributed by atoms with E-state index >= 15 is 0 Å². The maximum absolute atomic E-state index is 14.7. The zero-order valence-corrected chi connectivity index (χ0v) is 32.3. The summed E-state index contributed by atoms with van der Waals surface area (Å²) in [4.78, 5) is 75.9. The Hall–Kier alpha value is -3.67. The Labute approximate surface area is 312 Å². The van der Waals surface area contributed by atoms with Crippen LogP contribution in [0.1, 0.15) is 116 Å². The van der Waals surface area contributed by atoms with Crippen molar-refractivity contribution in [2.45, 2.75) is 136 Å². The minimum Gasteiger partial charge on any atom is -0.492 e. The molecule has 2 aliphatic carbocycles. The summed E-state index contributed by atoms with van der Waals surface area (Å²) in [5.41, 5.74) is 0.466. The summed E-state index contributed by atoms with van der Waals surface area (Å²) in [6, 6.07) is 0.695. The zero-order valence-electron chi connectivity index (χ0n) is 31.6. The number of carbonyl (C=O) groups is 5. The van der Waals surface area contributed by atoms with Gasteiger partial charge in [0, 0.05) is 31.4 Å². The first-order valence-corrected chi connectivity index (χ1v) is 19.4. The van der Waals surface area contributed by atoms with E-state index in [2.05, 4.69) is 21.1 Å². The van der Waals surface area contributed by atoms with Gasteiger partial charge in [-0.3, -0.25) is 24.0 Å². The molecule has 0 unspecified atom stereocenters.